The Balaban J connectivity index is 0.000000980. The highest BCUT2D eigenvalue weighted by molar-refractivity contribution is 5.39. The zero-order chi connectivity index (χ0) is 9.10. The highest BCUT2D eigenvalue weighted by Gasteiger charge is 2.10. The highest BCUT2D eigenvalue weighted by atomic mass is 15.2. The monoisotopic (exact) mass is 193 g/mol. The number of nitrogens with one attached hydrogen (secondary N) is 1. The molecular formula is C11H19N3. The summed E-state index contributed by atoms with van der Waals surface area (Å²) in [6.45, 7) is 6.33. The molecule has 1 aromatic heterocycles. The van der Waals surface area contributed by atoms with Crippen molar-refractivity contribution in [3.05, 3.63) is 23.9 Å². The summed E-state index contributed by atoms with van der Waals surface area (Å²) in [5, 5.41) is 3.33. The van der Waals surface area contributed by atoms with Crippen molar-refractivity contribution in [2.75, 3.05) is 31.1 Å². The number of hydrogen-bond donors (Lipinski definition) is 1. The summed E-state index contributed by atoms with van der Waals surface area (Å²) in [6, 6.07) is 4.21. The van der Waals surface area contributed by atoms with Gasteiger partial charge in [0.05, 0.1) is 0 Å². The number of nitrogens with zero attached hydrogens (tertiary/aromatic N) is 2. The van der Waals surface area contributed by atoms with E-state index in [0.29, 0.717) is 0 Å². The summed E-state index contributed by atoms with van der Waals surface area (Å²) < 4.78 is 0. The Morgan fingerprint density at radius 1 is 1.29 bits per heavy atom. The second-order valence-electron chi connectivity index (χ2n) is 3.43. The van der Waals surface area contributed by atoms with Gasteiger partial charge in [-0.05, 0) is 18.6 Å². The average molecular weight is 193 g/mol. The SMILES string of the molecule is C.Cc1ccc(N2CCNCC2)nc1. The Morgan fingerprint density at radius 2 is 2.00 bits per heavy atom. The molecule has 2 heterocycles. The summed E-state index contributed by atoms with van der Waals surface area (Å²) in [7, 11) is 0. The third-order valence-corrected chi connectivity index (χ3v) is 2.34. The van der Waals surface area contributed by atoms with Gasteiger partial charge in [0, 0.05) is 32.4 Å². The van der Waals surface area contributed by atoms with Crippen LogP contribution < -0.4 is 10.2 Å². The summed E-state index contributed by atoms with van der Waals surface area (Å²) in [6.07, 6.45) is 1.93. The predicted octanol–water partition coefficient (Wildman–Crippen LogP) is 1.44. The Morgan fingerprint density at radius 3 is 2.57 bits per heavy atom. The Kier molecular flexibility index (Phi) is 3.89. The molecule has 0 aliphatic carbocycles. The van der Waals surface area contributed by atoms with Gasteiger partial charge in [0.1, 0.15) is 5.82 Å². The molecule has 1 fully saturated rings. The van der Waals surface area contributed by atoms with Gasteiger partial charge in [-0.25, -0.2) is 4.98 Å². The lowest BCUT2D eigenvalue weighted by Gasteiger charge is -2.28. The Hall–Kier alpha value is -1.09. The van der Waals surface area contributed by atoms with E-state index in [9.17, 15) is 0 Å². The van der Waals surface area contributed by atoms with Crippen LogP contribution in [0.1, 0.15) is 13.0 Å². The van der Waals surface area contributed by atoms with Crippen LogP contribution in [0.2, 0.25) is 0 Å². The standard InChI is InChI=1S/C10H15N3.CH4/c1-9-2-3-10(12-8-9)13-6-4-11-5-7-13;/h2-3,8,11H,4-7H2,1H3;1H4. The van der Waals surface area contributed by atoms with Gasteiger partial charge >= 0.3 is 0 Å². The number of anilines is 1. The van der Waals surface area contributed by atoms with Gasteiger partial charge in [-0.1, -0.05) is 13.5 Å². The molecule has 1 saturated heterocycles. The van der Waals surface area contributed by atoms with Crippen LogP contribution in [0.4, 0.5) is 5.82 Å². The molecule has 0 unspecified atom stereocenters. The van der Waals surface area contributed by atoms with Crippen LogP contribution in [-0.2, 0) is 0 Å². The second kappa shape index (κ2) is 4.96. The number of hydrogen-bond acceptors (Lipinski definition) is 3. The summed E-state index contributed by atoms with van der Waals surface area (Å²) in [4.78, 5) is 6.72. The molecule has 1 aliphatic heterocycles. The number of rotatable bonds is 1. The molecule has 0 saturated carbocycles. The molecule has 3 heteroatoms. The van der Waals surface area contributed by atoms with Crippen LogP contribution in [0.15, 0.2) is 18.3 Å². The molecule has 2 rings (SSSR count). The van der Waals surface area contributed by atoms with Crippen molar-refractivity contribution in [1.82, 2.24) is 10.3 Å². The molecule has 1 N–H and O–H groups in total. The van der Waals surface area contributed by atoms with Crippen LogP contribution >= 0.6 is 0 Å². The van der Waals surface area contributed by atoms with E-state index in [-0.39, 0.29) is 7.43 Å². The second-order valence-corrected chi connectivity index (χ2v) is 3.43. The molecule has 1 aromatic rings. The van der Waals surface area contributed by atoms with Crippen LogP contribution in [0.5, 0.6) is 0 Å². The molecule has 0 bridgehead atoms. The van der Waals surface area contributed by atoms with E-state index < -0.39 is 0 Å². The zero-order valence-electron chi connectivity index (χ0n) is 7.95. The van der Waals surface area contributed by atoms with Crippen molar-refractivity contribution in [3.8, 4) is 0 Å². The molecule has 3 nitrogen and oxygen atoms in total. The van der Waals surface area contributed by atoms with Gasteiger partial charge in [0.15, 0.2) is 0 Å². The number of aromatic nitrogens is 1. The van der Waals surface area contributed by atoms with E-state index in [1.165, 1.54) is 5.56 Å². The lowest BCUT2D eigenvalue weighted by atomic mass is 10.3. The van der Waals surface area contributed by atoms with Crippen LogP contribution in [-0.4, -0.2) is 31.2 Å². The van der Waals surface area contributed by atoms with Gasteiger partial charge in [-0.2, -0.15) is 0 Å². The van der Waals surface area contributed by atoms with Crippen molar-refractivity contribution in [2.24, 2.45) is 0 Å². The minimum absolute atomic E-state index is 0. The van der Waals surface area contributed by atoms with E-state index in [1.54, 1.807) is 0 Å². The molecular weight excluding hydrogens is 174 g/mol. The zero-order valence-corrected chi connectivity index (χ0v) is 7.95. The van der Waals surface area contributed by atoms with Gasteiger partial charge in [-0.15, -0.1) is 0 Å². The van der Waals surface area contributed by atoms with Gasteiger partial charge < -0.3 is 10.2 Å². The van der Waals surface area contributed by atoms with E-state index in [1.807, 2.05) is 6.20 Å². The van der Waals surface area contributed by atoms with Crippen molar-refractivity contribution in [1.29, 1.82) is 0 Å². The Labute approximate surface area is 86.2 Å². The van der Waals surface area contributed by atoms with Crippen LogP contribution in [0.25, 0.3) is 0 Å². The van der Waals surface area contributed by atoms with Crippen molar-refractivity contribution in [3.63, 3.8) is 0 Å². The first-order valence-electron chi connectivity index (χ1n) is 4.74. The molecule has 0 aromatic carbocycles. The maximum absolute atomic E-state index is 4.40. The summed E-state index contributed by atoms with van der Waals surface area (Å²) in [5.74, 6) is 1.10. The molecule has 0 amide bonds. The number of pyridine rings is 1. The van der Waals surface area contributed by atoms with Crippen molar-refractivity contribution in [2.45, 2.75) is 14.4 Å². The van der Waals surface area contributed by atoms with E-state index in [4.69, 9.17) is 0 Å². The molecule has 0 spiro atoms. The normalized spacial score (nSPS) is 16.2. The van der Waals surface area contributed by atoms with E-state index in [2.05, 4.69) is 34.3 Å². The fourth-order valence-electron chi connectivity index (χ4n) is 1.54. The first kappa shape index (κ1) is 11.0. The average Bonchev–Trinajstić information content (AvgIpc) is 2.20. The molecule has 1 aliphatic rings. The van der Waals surface area contributed by atoms with E-state index in [0.717, 1.165) is 32.0 Å². The first-order chi connectivity index (χ1) is 6.36. The lowest BCUT2D eigenvalue weighted by molar-refractivity contribution is 0.585. The maximum Gasteiger partial charge on any atom is 0.128 e. The van der Waals surface area contributed by atoms with Gasteiger partial charge in [0.2, 0.25) is 0 Å². The number of piperazine rings is 1. The van der Waals surface area contributed by atoms with Crippen LogP contribution in [0.3, 0.4) is 0 Å². The van der Waals surface area contributed by atoms with Gasteiger partial charge in [0.25, 0.3) is 0 Å². The fraction of sp³-hybridized carbons (Fsp3) is 0.545. The Bertz CT molecular complexity index is 262. The molecule has 0 radical (unpaired) electrons. The summed E-state index contributed by atoms with van der Waals surface area (Å²) >= 11 is 0. The third kappa shape index (κ3) is 2.45. The fourth-order valence-corrected chi connectivity index (χ4v) is 1.54. The highest BCUT2D eigenvalue weighted by Crippen LogP contribution is 2.10. The first-order valence-corrected chi connectivity index (χ1v) is 4.74. The smallest absolute Gasteiger partial charge is 0.128 e. The lowest BCUT2D eigenvalue weighted by Crippen LogP contribution is -2.43. The minimum Gasteiger partial charge on any atom is -0.354 e. The molecule has 0 atom stereocenters. The predicted molar refractivity (Wildman–Crippen MR) is 60.8 cm³/mol. The minimum atomic E-state index is 0. The molecule has 78 valence electrons. The maximum atomic E-state index is 4.40. The van der Waals surface area contributed by atoms with Crippen molar-refractivity contribution < 1.29 is 0 Å². The van der Waals surface area contributed by atoms with Crippen LogP contribution in [0, 0.1) is 6.92 Å². The quantitative estimate of drug-likeness (QED) is 0.731. The molecule has 14 heavy (non-hydrogen) atoms. The van der Waals surface area contributed by atoms with Gasteiger partial charge in [-0.3, -0.25) is 0 Å². The van der Waals surface area contributed by atoms with E-state index >= 15 is 0 Å². The topological polar surface area (TPSA) is 28.2 Å². The number of aryl methyl sites for hydroxylation is 1. The summed E-state index contributed by atoms with van der Waals surface area (Å²) in [5.41, 5.74) is 1.22. The largest absolute Gasteiger partial charge is 0.354 e. The van der Waals surface area contributed by atoms with Crippen molar-refractivity contribution >= 4 is 5.82 Å². The third-order valence-electron chi connectivity index (χ3n) is 2.34.